The van der Waals surface area contributed by atoms with Gasteiger partial charge in [-0.25, -0.2) is 9.59 Å². The van der Waals surface area contributed by atoms with Crippen LogP contribution in [0, 0.1) is 10.1 Å². The van der Waals surface area contributed by atoms with Gasteiger partial charge in [0.2, 0.25) is 11.2 Å². The molecule has 1 N–H and O–H groups in total. The SMILES string of the molecule is CCOC(=O)C1(C(=O)OCC)N[C@]2(C(=O)N(Cc3ccccc3)c3ccc(Br)cc32)N(c2ccc(OC)cc2)[C@H]1c1ccc([N+](=O)[O-])cc1. The summed E-state index contributed by atoms with van der Waals surface area (Å²) in [6.07, 6.45) is 0. The Kier molecular flexibility index (Phi) is 9.14. The second kappa shape index (κ2) is 13.3. The predicted octanol–water partition coefficient (Wildman–Crippen LogP) is 5.78. The Balaban J connectivity index is 1.70. The lowest BCUT2D eigenvalue weighted by Crippen LogP contribution is -2.64. The van der Waals surface area contributed by atoms with Gasteiger partial charge in [0.05, 0.1) is 43.5 Å². The summed E-state index contributed by atoms with van der Waals surface area (Å²) in [4.78, 5) is 58.7. The van der Waals surface area contributed by atoms with Crippen LogP contribution >= 0.6 is 15.9 Å². The molecule has 1 amide bonds. The lowest BCUT2D eigenvalue weighted by atomic mass is 9.85. The molecule has 2 aliphatic rings. The lowest BCUT2D eigenvalue weighted by molar-refractivity contribution is -0.384. The number of anilines is 2. The molecule has 13 heteroatoms. The number of fused-ring (bicyclic) bond motifs is 2. The second-order valence-electron chi connectivity index (χ2n) is 11.4. The molecule has 252 valence electrons. The van der Waals surface area contributed by atoms with Gasteiger partial charge in [-0.05, 0) is 67.4 Å². The predicted molar refractivity (Wildman–Crippen MR) is 184 cm³/mol. The first-order chi connectivity index (χ1) is 23.6. The monoisotopic (exact) mass is 728 g/mol. The first-order valence-corrected chi connectivity index (χ1v) is 16.4. The number of nitrogens with one attached hydrogen (secondary N) is 1. The molecule has 0 unspecified atom stereocenters. The highest BCUT2D eigenvalue weighted by Crippen LogP contribution is 2.57. The standard InChI is InChI=1S/C36H33BrN4O8/c1-4-48-33(43)35(34(44)49-5-2)31(24-11-14-27(15-12-24)41(45)46)40(26-16-18-28(47-3)19-17-26)36(38-35)29-21-25(37)13-20-30(29)39(32(36)42)22-23-9-7-6-8-10-23/h6-21,31,38H,4-5,22H2,1-3H3/t31-,36-/m0/s1. The van der Waals surface area contributed by atoms with Crippen LogP contribution in [0.4, 0.5) is 17.1 Å². The van der Waals surface area contributed by atoms with Crippen LogP contribution < -0.4 is 19.9 Å². The maximum atomic E-state index is 15.4. The maximum absolute atomic E-state index is 15.4. The topological polar surface area (TPSA) is 141 Å². The van der Waals surface area contributed by atoms with Crippen molar-refractivity contribution in [1.29, 1.82) is 0 Å². The summed E-state index contributed by atoms with van der Waals surface area (Å²) in [6, 6.07) is 25.9. The van der Waals surface area contributed by atoms with Crippen LogP contribution in [0.25, 0.3) is 0 Å². The van der Waals surface area contributed by atoms with Gasteiger partial charge in [-0.15, -0.1) is 0 Å². The fourth-order valence-corrected chi connectivity index (χ4v) is 7.05. The van der Waals surface area contributed by atoms with Crippen molar-refractivity contribution >= 4 is 50.8 Å². The van der Waals surface area contributed by atoms with E-state index in [1.807, 2.05) is 36.4 Å². The van der Waals surface area contributed by atoms with E-state index in [-0.39, 0.29) is 25.4 Å². The molecule has 0 aromatic heterocycles. The van der Waals surface area contributed by atoms with E-state index in [1.54, 1.807) is 60.0 Å². The minimum Gasteiger partial charge on any atom is -0.497 e. The zero-order valence-electron chi connectivity index (χ0n) is 26.9. The molecule has 1 fully saturated rings. The van der Waals surface area contributed by atoms with Crippen molar-refractivity contribution in [2.24, 2.45) is 0 Å². The van der Waals surface area contributed by atoms with Gasteiger partial charge in [-0.2, -0.15) is 0 Å². The number of carbonyl (C=O) groups excluding carboxylic acids is 3. The van der Waals surface area contributed by atoms with Crippen molar-refractivity contribution in [3.63, 3.8) is 0 Å². The Morgan fingerprint density at radius 3 is 2.12 bits per heavy atom. The molecule has 6 rings (SSSR count). The van der Waals surface area contributed by atoms with Crippen molar-refractivity contribution in [2.75, 3.05) is 30.1 Å². The summed E-state index contributed by atoms with van der Waals surface area (Å²) in [6.45, 7) is 3.24. The van der Waals surface area contributed by atoms with Crippen LogP contribution in [0.5, 0.6) is 5.75 Å². The number of benzene rings is 4. The van der Waals surface area contributed by atoms with Crippen molar-refractivity contribution in [3.8, 4) is 5.75 Å². The molecule has 0 aliphatic carbocycles. The number of nitro groups is 1. The van der Waals surface area contributed by atoms with Gasteiger partial charge in [0.15, 0.2) is 0 Å². The summed E-state index contributed by atoms with van der Waals surface area (Å²) < 4.78 is 17.3. The molecule has 12 nitrogen and oxygen atoms in total. The average molecular weight is 730 g/mol. The molecule has 0 radical (unpaired) electrons. The van der Waals surface area contributed by atoms with Crippen molar-refractivity contribution in [3.05, 3.63) is 128 Å². The van der Waals surface area contributed by atoms with E-state index in [0.717, 1.165) is 5.56 Å². The Bertz CT molecular complexity index is 1890. The van der Waals surface area contributed by atoms with Gasteiger partial charge in [0.25, 0.3) is 11.6 Å². The van der Waals surface area contributed by atoms with E-state index < -0.39 is 40.0 Å². The van der Waals surface area contributed by atoms with Gasteiger partial charge in [0.1, 0.15) is 5.75 Å². The smallest absolute Gasteiger partial charge is 0.340 e. The number of amides is 1. The third kappa shape index (κ3) is 5.48. The first-order valence-electron chi connectivity index (χ1n) is 15.6. The molecule has 1 spiro atoms. The average Bonchev–Trinajstić information content (AvgIpc) is 3.55. The number of hydrogen-bond acceptors (Lipinski definition) is 10. The highest BCUT2D eigenvalue weighted by molar-refractivity contribution is 9.10. The van der Waals surface area contributed by atoms with Gasteiger partial charge >= 0.3 is 11.9 Å². The van der Waals surface area contributed by atoms with Crippen LogP contribution in [0.1, 0.15) is 36.6 Å². The van der Waals surface area contributed by atoms with Crippen molar-refractivity contribution < 1.29 is 33.5 Å². The fraction of sp³-hybridized carbons (Fsp3) is 0.250. The van der Waals surface area contributed by atoms with Crippen LogP contribution in [-0.4, -0.2) is 48.6 Å². The highest BCUT2D eigenvalue weighted by atomic mass is 79.9. The molecule has 0 saturated carbocycles. The number of non-ortho nitro benzene ring substituents is 1. The molecule has 49 heavy (non-hydrogen) atoms. The Labute approximate surface area is 290 Å². The quantitative estimate of drug-likeness (QED) is 0.0925. The molecule has 4 aromatic rings. The number of hydrogen-bond donors (Lipinski definition) is 1. The largest absolute Gasteiger partial charge is 0.497 e. The minimum absolute atomic E-state index is 0.0829. The number of ether oxygens (including phenoxy) is 3. The number of carbonyl (C=O) groups is 3. The van der Waals surface area contributed by atoms with Crippen LogP contribution in [0.15, 0.2) is 102 Å². The third-order valence-corrected chi connectivity index (χ3v) is 9.24. The van der Waals surface area contributed by atoms with Gasteiger partial charge < -0.3 is 24.0 Å². The van der Waals surface area contributed by atoms with Crippen molar-refractivity contribution in [2.45, 2.75) is 37.6 Å². The molecular weight excluding hydrogens is 696 g/mol. The molecule has 2 atom stereocenters. The number of nitro benzene ring substituents is 1. The Hall–Kier alpha value is -5.27. The molecule has 2 heterocycles. The highest BCUT2D eigenvalue weighted by Gasteiger charge is 2.74. The molecule has 4 aromatic carbocycles. The zero-order chi connectivity index (χ0) is 34.9. The third-order valence-electron chi connectivity index (χ3n) is 8.75. The minimum atomic E-state index is -2.33. The van der Waals surface area contributed by atoms with E-state index in [1.165, 1.54) is 31.4 Å². The van der Waals surface area contributed by atoms with Gasteiger partial charge in [-0.3, -0.25) is 20.2 Å². The summed E-state index contributed by atoms with van der Waals surface area (Å²) >= 11 is 3.58. The molecule has 1 saturated heterocycles. The van der Waals surface area contributed by atoms with E-state index in [4.69, 9.17) is 14.2 Å². The van der Waals surface area contributed by atoms with E-state index >= 15 is 4.79 Å². The summed E-state index contributed by atoms with van der Waals surface area (Å²) in [5.41, 5.74) is -1.81. The number of esters is 2. The van der Waals surface area contributed by atoms with Gasteiger partial charge in [-0.1, -0.05) is 58.4 Å². The number of methoxy groups -OCH3 is 1. The van der Waals surface area contributed by atoms with E-state index in [9.17, 15) is 19.7 Å². The number of halogens is 1. The number of nitrogens with zero attached hydrogens (tertiary/aromatic N) is 3. The summed E-state index contributed by atoms with van der Waals surface area (Å²) in [7, 11) is 1.52. The maximum Gasteiger partial charge on any atom is 0.340 e. The first kappa shape index (κ1) is 33.6. The molecule has 2 aliphatic heterocycles. The van der Waals surface area contributed by atoms with Crippen molar-refractivity contribution in [1.82, 2.24) is 5.32 Å². The van der Waals surface area contributed by atoms with E-state index in [2.05, 4.69) is 21.2 Å². The lowest BCUT2D eigenvalue weighted by Gasteiger charge is -2.39. The van der Waals surface area contributed by atoms with Crippen LogP contribution in [-0.2, 0) is 36.1 Å². The second-order valence-corrected chi connectivity index (χ2v) is 12.4. The summed E-state index contributed by atoms with van der Waals surface area (Å²) in [5.74, 6) is -1.88. The molecular formula is C36H33BrN4O8. The Morgan fingerprint density at radius 2 is 1.55 bits per heavy atom. The molecule has 0 bridgehead atoms. The van der Waals surface area contributed by atoms with E-state index in [0.29, 0.717) is 32.7 Å². The van der Waals surface area contributed by atoms with Crippen LogP contribution in [0.3, 0.4) is 0 Å². The number of rotatable bonds is 10. The normalized spacial score (nSPS) is 19.1. The fourth-order valence-electron chi connectivity index (χ4n) is 6.69. The van der Waals surface area contributed by atoms with Crippen LogP contribution in [0.2, 0.25) is 0 Å². The Morgan fingerprint density at radius 1 is 0.918 bits per heavy atom. The summed E-state index contributed by atoms with van der Waals surface area (Å²) in [5, 5.41) is 14.9. The van der Waals surface area contributed by atoms with Gasteiger partial charge in [0, 0.05) is 27.9 Å². The zero-order valence-corrected chi connectivity index (χ0v) is 28.5.